The van der Waals surface area contributed by atoms with Gasteiger partial charge in [0.15, 0.2) is 5.78 Å². The predicted octanol–water partition coefficient (Wildman–Crippen LogP) is 2.80. The molecule has 1 heterocycles. The highest BCUT2D eigenvalue weighted by Crippen LogP contribution is 2.16. The van der Waals surface area contributed by atoms with Gasteiger partial charge in [0.05, 0.1) is 6.42 Å². The van der Waals surface area contributed by atoms with Crippen molar-refractivity contribution in [1.29, 1.82) is 0 Å². The summed E-state index contributed by atoms with van der Waals surface area (Å²) in [7, 11) is 0. The van der Waals surface area contributed by atoms with Crippen LogP contribution in [0.4, 0.5) is 0 Å². The van der Waals surface area contributed by atoms with E-state index in [4.69, 9.17) is 11.6 Å². The molecule has 0 bridgehead atoms. The lowest BCUT2D eigenvalue weighted by Crippen LogP contribution is -2.06. The molecule has 16 heavy (non-hydrogen) atoms. The highest BCUT2D eigenvalue weighted by Gasteiger charge is 2.11. The number of aryl methyl sites for hydroxylation is 1. The first-order chi connectivity index (χ1) is 7.66. The fourth-order valence-electron chi connectivity index (χ4n) is 1.58. The second-order valence-electron chi connectivity index (χ2n) is 3.60. The Labute approximate surface area is 98.5 Å². The highest BCUT2D eigenvalue weighted by atomic mass is 35.5. The number of hydrogen-bond donors (Lipinski definition) is 1. The van der Waals surface area contributed by atoms with Crippen molar-refractivity contribution >= 4 is 17.4 Å². The average Bonchev–Trinajstić information content (AvgIpc) is 2.70. The van der Waals surface area contributed by atoms with Crippen LogP contribution in [-0.2, 0) is 6.42 Å². The van der Waals surface area contributed by atoms with Crippen molar-refractivity contribution in [3.8, 4) is 0 Å². The lowest BCUT2D eigenvalue weighted by molar-refractivity contribution is 0.0990. The molecule has 0 radical (unpaired) electrons. The fourth-order valence-corrected chi connectivity index (χ4v) is 1.81. The Morgan fingerprint density at radius 3 is 2.94 bits per heavy atom. The number of nitrogens with zero attached hydrogens (tertiary/aromatic N) is 1. The molecular formula is C12H11ClN2O. The number of carbonyl (C=O) groups excluding carboxylic acids is 1. The van der Waals surface area contributed by atoms with Gasteiger partial charge in [0.1, 0.15) is 5.82 Å². The zero-order chi connectivity index (χ0) is 11.5. The smallest absolute Gasteiger partial charge is 0.170 e. The molecule has 0 fully saturated rings. The number of imidazole rings is 1. The normalized spacial score (nSPS) is 10.4. The quantitative estimate of drug-likeness (QED) is 0.830. The minimum atomic E-state index is 0.0455. The summed E-state index contributed by atoms with van der Waals surface area (Å²) in [6.07, 6.45) is 3.63. The molecule has 4 heteroatoms. The van der Waals surface area contributed by atoms with E-state index in [9.17, 15) is 4.79 Å². The van der Waals surface area contributed by atoms with Crippen molar-refractivity contribution in [1.82, 2.24) is 9.97 Å². The molecule has 2 rings (SSSR count). The van der Waals surface area contributed by atoms with E-state index in [0.717, 1.165) is 5.56 Å². The Bertz CT molecular complexity index is 506. The van der Waals surface area contributed by atoms with E-state index in [1.54, 1.807) is 30.6 Å². The number of nitrogens with one attached hydrogen (secondary N) is 1. The molecule has 1 aromatic carbocycles. The Kier molecular flexibility index (Phi) is 3.06. The molecule has 0 aliphatic heterocycles. The molecule has 0 atom stereocenters. The average molecular weight is 235 g/mol. The van der Waals surface area contributed by atoms with Crippen molar-refractivity contribution in [2.45, 2.75) is 13.3 Å². The maximum atomic E-state index is 11.9. The number of carbonyl (C=O) groups is 1. The molecule has 0 unspecified atom stereocenters. The van der Waals surface area contributed by atoms with Gasteiger partial charge in [0, 0.05) is 23.0 Å². The fraction of sp³-hybridized carbons (Fsp3) is 0.167. The molecule has 0 aliphatic rings. The van der Waals surface area contributed by atoms with Gasteiger partial charge in [0.2, 0.25) is 0 Å². The molecular weight excluding hydrogens is 224 g/mol. The van der Waals surface area contributed by atoms with Crippen LogP contribution in [0.15, 0.2) is 30.6 Å². The van der Waals surface area contributed by atoms with Gasteiger partial charge in [0.25, 0.3) is 0 Å². The highest BCUT2D eigenvalue weighted by molar-refractivity contribution is 6.30. The van der Waals surface area contributed by atoms with Crippen LogP contribution < -0.4 is 0 Å². The Hall–Kier alpha value is -1.61. The number of rotatable bonds is 3. The zero-order valence-electron chi connectivity index (χ0n) is 8.83. The van der Waals surface area contributed by atoms with Crippen molar-refractivity contribution in [3.05, 3.63) is 52.6 Å². The van der Waals surface area contributed by atoms with E-state index in [1.807, 2.05) is 6.92 Å². The molecule has 0 spiro atoms. The summed E-state index contributed by atoms with van der Waals surface area (Å²) in [6, 6.07) is 5.27. The maximum Gasteiger partial charge on any atom is 0.170 e. The Morgan fingerprint density at radius 2 is 2.31 bits per heavy atom. The SMILES string of the molecule is Cc1cc(Cl)ccc1C(=O)Cc1ncc[nH]1. The van der Waals surface area contributed by atoms with Gasteiger partial charge in [-0.2, -0.15) is 0 Å². The molecule has 1 N–H and O–H groups in total. The third-order valence-corrected chi connectivity index (χ3v) is 2.61. The van der Waals surface area contributed by atoms with E-state index in [-0.39, 0.29) is 12.2 Å². The van der Waals surface area contributed by atoms with E-state index in [2.05, 4.69) is 9.97 Å². The van der Waals surface area contributed by atoms with E-state index in [0.29, 0.717) is 16.4 Å². The molecule has 0 saturated heterocycles. The van der Waals surface area contributed by atoms with Crippen molar-refractivity contribution in [3.63, 3.8) is 0 Å². The van der Waals surface area contributed by atoms with Crippen molar-refractivity contribution in [2.75, 3.05) is 0 Å². The summed E-state index contributed by atoms with van der Waals surface area (Å²) in [5.41, 5.74) is 1.59. The van der Waals surface area contributed by atoms with Gasteiger partial charge >= 0.3 is 0 Å². The van der Waals surface area contributed by atoms with Crippen LogP contribution in [0.25, 0.3) is 0 Å². The van der Waals surface area contributed by atoms with Gasteiger partial charge in [-0.05, 0) is 30.7 Å². The largest absolute Gasteiger partial charge is 0.348 e. The number of hydrogen-bond acceptors (Lipinski definition) is 2. The summed E-state index contributed by atoms with van der Waals surface area (Å²) in [6.45, 7) is 1.88. The van der Waals surface area contributed by atoms with E-state index >= 15 is 0 Å². The Balaban J connectivity index is 2.21. The van der Waals surface area contributed by atoms with Gasteiger partial charge in [-0.1, -0.05) is 11.6 Å². The summed E-state index contributed by atoms with van der Waals surface area (Å²) in [4.78, 5) is 18.9. The minimum Gasteiger partial charge on any atom is -0.348 e. The van der Waals surface area contributed by atoms with Gasteiger partial charge in [-0.25, -0.2) is 4.98 Å². The predicted molar refractivity (Wildman–Crippen MR) is 62.8 cm³/mol. The molecule has 82 valence electrons. The zero-order valence-corrected chi connectivity index (χ0v) is 9.58. The van der Waals surface area contributed by atoms with Gasteiger partial charge in [-0.15, -0.1) is 0 Å². The lowest BCUT2D eigenvalue weighted by Gasteiger charge is -2.03. The van der Waals surface area contributed by atoms with Crippen LogP contribution in [0.1, 0.15) is 21.7 Å². The van der Waals surface area contributed by atoms with Crippen LogP contribution >= 0.6 is 11.6 Å². The van der Waals surface area contributed by atoms with Crippen LogP contribution in [0, 0.1) is 6.92 Å². The van der Waals surface area contributed by atoms with Crippen LogP contribution in [-0.4, -0.2) is 15.8 Å². The van der Waals surface area contributed by atoms with Crippen LogP contribution in [0.2, 0.25) is 5.02 Å². The minimum absolute atomic E-state index is 0.0455. The summed E-state index contributed by atoms with van der Waals surface area (Å²) >= 11 is 5.83. The molecule has 3 nitrogen and oxygen atoms in total. The molecule has 2 aromatic rings. The first-order valence-electron chi connectivity index (χ1n) is 4.94. The van der Waals surface area contributed by atoms with Gasteiger partial charge < -0.3 is 4.98 Å². The monoisotopic (exact) mass is 234 g/mol. The molecule has 0 aliphatic carbocycles. The third kappa shape index (κ3) is 2.31. The standard InChI is InChI=1S/C12H11ClN2O/c1-8-6-9(13)2-3-10(8)11(16)7-12-14-4-5-15-12/h2-6H,7H2,1H3,(H,14,15). The first kappa shape index (κ1) is 10.9. The topological polar surface area (TPSA) is 45.8 Å². The van der Waals surface area contributed by atoms with Crippen LogP contribution in [0.3, 0.4) is 0 Å². The number of ketones is 1. The molecule has 1 aromatic heterocycles. The van der Waals surface area contributed by atoms with Gasteiger partial charge in [-0.3, -0.25) is 4.79 Å². The first-order valence-corrected chi connectivity index (χ1v) is 5.32. The number of aromatic nitrogens is 2. The second kappa shape index (κ2) is 4.49. The number of Topliss-reactive ketones (excluding diaryl/α,β-unsaturated/α-hetero) is 1. The molecule has 0 saturated carbocycles. The number of H-pyrrole nitrogens is 1. The number of aromatic amines is 1. The van der Waals surface area contributed by atoms with Crippen molar-refractivity contribution in [2.24, 2.45) is 0 Å². The third-order valence-electron chi connectivity index (χ3n) is 2.37. The summed E-state index contributed by atoms with van der Waals surface area (Å²) < 4.78 is 0. The van der Waals surface area contributed by atoms with E-state index in [1.165, 1.54) is 0 Å². The maximum absolute atomic E-state index is 11.9. The van der Waals surface area contributed by atoms with Crippen LogP contribution in [0.5, 0.6) is 0 Å². The van der Waals surface area contributed by atoms with Crippen molar-refractivity contribution < 1.29 is 4.79 Å². The summed E-state index contributed by atoms with van der Waals surface area (Å²) in [5.74, 6) is 0.725. The van der Waals surface area contributed by atoms with E-state index < -0.39 is 0 Å². The second-order valence-corrected chi connectivity index (χ2v) is 4.03. The number of halogens is 1. The lowest BCUT2D eigenvalue weighted by atomic mass is 10.0. The summed E-state index contributed by atoms with van der Waals surface area (Å²) in [5, 5.41) is 0.645. The molecule has 0 amide bonds. The Morgan fingerprint density at radius 1 is 1.50 bits per heavy atom. The number of benzene rings is 1.